The van der Waals surface area contributed by atoms with Gasteiger partial charge < -0.3 is 15.2 Å². The highest BCUT2D eigenvalue weighted by atomic mass is 16.5. The standard InChI is InChI=1S/C23H21N3O5/c1-13-5-4-6-15(9-13)26-20(29)11-17(27)21(25-26)22(30)24-14-7-8-19-16(10-14)18(28)12-23(2,3)31-19/h4-11,27H,12H2,1-3H3,(H,24,30). The van der Waals surface area contributed by atoms with Crippen molar-refractivity contribution in [2.45, 2.75) is 32.8 Å². The van der Waals surface area contributed by atoms with Crippen LogP contribution in [0.4, 0.5) is 5.69 Å². The van der Waals surface area contributed by atoms with E-state index in [1.54, 1.807) is 30.3 Å². The molecule has 3 aromatic rings. The van der Waals surface area contributed by atoms with Crippen LogP contribution in [0.15, 0.2) is 53.3 Å². The first-order valence-electron chi connectivity index (χ1n) is 9.71. The van der Waals surface area contributed by atoms with Crippen molar-refractivity contribution in [1.29, 1.82) is 0 Å². The fraction of sp³-hybridized carbons (Fsp3) is 0.217. The third-order valence-corrected chi connectivity index (χ3v) is 4.88. The zero-order valence-corrected chi connectivity index (χ0v) is 17.3. The van der Waals surface area contributed by atoms with Crippen molar-refractivity contribution in [2.75, 3.05) is 5.32 Å². The van der Waals surface area contributed by atoms with E-state index < -0.39 is 22.8 Å². The summed E-state index contributed by atoms with van der Waals surface area (Å²) in [5.74, 6) is -0.890. The molecule has 158 valence electrons. The summed E-state index contributed by atoms with van der Waals surface area (Å²) in [4.78, 5) is 37.5. The molecule has 0 saturated heterocycles. The molecule has 0 aliphatic carbocycles. The molecule has 8 heteroatoms. The third kappa shape index (κ3) is 4.05. The van der Waals surface area contributed by atoms with Gasteiger partial charge in [-0.15, -0.1) is 0 Å². The van der Waals surface area contributed by atoms with Gasteiger partial charge >= 0.3 is 0 Å². The van der Waals surface area contributed by atoms with Crippen LogP contribution < -0.4 is 15.6 Å². The Bertz CT molecular complexity index is 1280. The molecule has 0 spiro atoms. The van der Waals surface area contributed by atoms with Gasteiger partial charge in [-0.05, 0) is 56.7 Å². The normalized spacial score (nSPS) is 14.5. The summed E-state index contributed by atoms with van der Waals surface area (Å²) in [6.07, 6.45) is 0.223. The molecule has 8 nitrogen and oxygen atoms in total. The second-order valence-electron chi connectivity index (χ2n) is 8.09. The predicted octanol–water partition coefficient (Wildman–Crippen LogP) is 3.24. The topological polar surface area (TPSA) is 111 Å². The third-order valence-electron chi connectivity index (χ3n) is 4.88. The van der Waals surface area contributed by atoms with Crippen LogP contribution in [-0.2, 0) is 0 Å². The van der Waals surface area contributed by atoms with Crippen molar-refractivity contribution in [2.24, 2.45) is 0 Å². The number of aryl methyl sites for hydroxylation is 1. The first-order chi connectivity index (χ1) is 14.6. The maximum absolute atomic E-state index is 12.8. The van der Waals surface area contributed by atoms with Crippen molar-refractivity contribution in [1.82, 2.24) is 9.78 Å². The molecule has 0 bridgehead atoms. The number of carbonyl (C=O) groups excluding carboxylic acids is 2. The van der Waals surface area contributed by atoms with Gasteiger partial charge in [-0.25, -0.2) is 0 Å². The second-order valence-corrected chi connectivity index (χ2v) is 8.09. The molecule has 2 heterocycles. The Kier molecular flexibility index (Phi) is 4.85. The lowest BCUT2D eigenvalue weighted by Crippen LogP contribution is -2.35. The van der Waals surface area contributed by atoms with Crippen LogP contribution in [0.1, 0.15) is 46.7 Å². The number of aromatic nitrogens is 2. The van der Waals surface area contributed by atoms with Gasteiger partial charge in [0.15, 0.2) is 17.2 Å². The molecule has 4 rings (SSSR count). The van der Waals surface area contributed by atoms with Crippen molar-refractivity contribution >= 4 is 17.4 Å². The van der Waals surface area contributed by atoms with Crippen molar-refractivity contribution < 1.29 is 19.4 Å². The van der Waals surface area contributed by atoms with Crippen LogP contribution in [0.3, 0.4) is 0 Å². The van der Waals surface area contributed by atoms with E-state index in [-0.39, 0.29) is 17.9 Å². The monoisotopic (exact) mass is 419 g/mol. The van der Waals surface area contributed by atoms with Gasteiger partial charge in [-0.3, -0.25) is 14.4 Å². The number of hydrogen-bond acceptors (Lipinski definition) is 6. The number of ether oxygens (including phenoxy) is 1. The summed E-state index contributed by atoms with van der Waals surface area (Å²) in [7, 11) is 0. The summed E-state index contributed by atoms with van der Waals surface area (Å²) in [5.41, 5.74) is 0.622. The molecule has 0 saturated carbocycles. The number of hydrogen-bond donors (Lipinski definition) is 2. The van der Waals surface area contributed by atoms with Crippen LogP contribution in [0.25, 0.3) is 5.69 Å². The molecule has 1 aromatic heterocycles. The fourth-order valence-corrected chi connectivity index (χ4v) is 3.47. The largest absolute Gasteiger partial charge is 0.505 e. The quantitative estimate of drug-likeness (QED) is 0.674. The van der Waals surface area contributed by atoms with Crippen molar-refractivity contribution in [3.63, 3.8) is 0 Å². The molecular formula is C23H21N3O5. The number of ketones is 1. The lowest BCUT2D eigenvalue weighted by Gasteiger charge is -2.31. The van der Waals surface area contributed by atoms with Crippen molar-refractivity contribution in [3.8, 4) is 17.2 Å². The number of fused-ring (bicyclic) bond motifs is 1. The van der Waals surface area contributed by atoms with E-state index in [9.17, 15) is 19.5 Å². The molecule has 1 amide bonds. The Morgan fingerprint density at radius 3 is 2.68 bits per heavy atom. The van der Waals surface area contributed by atoms with E-state index in [4.69, 9.17) is 4.74 Å². The number of rotatable bonds is 3. The summed E-state index contributed by atoms with van der Waals surface area (Å²) < 4.78 is 6.87. The summed E-state index contributed by atoms with van der Waals surface area (Å²) >= 11 is 0. The van der Waals surface area contributed by atoms with Gasteiger partial charge in [0.05, 0.1) is 17.7 Å². The molecule has 0 fully saturated rings. The second kappa shape index (κ2) is 7.39. The number of amides is 1. The summed E-state index contributed by atoms with van der Waals surface area (Å²) in [6, 6.07) is 12.7. The lowest BCUT2D eigenvalue weighted by molar-refractivity contribution is 0.0620. The van der Waals surface area contributed by atoms with Gasteiger partial charge in [-0.2, -0.15) is 9.78 Å². The molecule has 31 heavy (non-hydrogen) atoms. The molecule has 0 atom stereocenters. The van der Waals surface area contributed by atoms with Crippen LogP contribution >= 0.6 is 0 Å². The molecule has 2 aromatic carbocycles. The maximum atomic E-state index is 12.8. The Morgan fingerprint density at radius 2 is 1.94 bits per heavy atom. The highest BCUT2D eigenvalue weighted by Gasteiger charge is 2.32. The van der Waals surface area contributed by atoms with Crippen LogP contribution in [0.5, 0.6) is 11.5 Å². The molecule has 1 aliphatic rings. The zero-order chi connectivity index (χ0) is 22.3. The predicted molar refractivity (Wildman–Crippen MR) is 114 cm³/mol. The number of anilines is 1. The Balaban J connectivity index is 1.65. The van der Waals surface area contributed by atoms with E-state index >= 15 is 0 Å². The Morgan fingerprint density at radius 1 is 1.16 bits per heavy atom. The highest BCUT2D eigenvalue weighted by Crippen LogP contribution is 2.34. The van der Waals surface area contributed by atoms with E-state index in [0.717, 1.165) is 16.3 Å². The minimum Gasteiger partial charge on any atom is -0.505 e. The number of carbonyl (C=O) groups is 2. The fourth-order valence-electron chi connectivity index (χ4n) is 3.47. The summed E-state index contributed by atoms with van der Waals surface area (Å²) in [5, 5.41) is 16.8. The number of nitrogens with zero attached hydrogens (tertiary/aromatic N) is 2. The Labute approximate surface area is 178 Å². The van der Waals surface area contributed by atoms with Crippen LogP contribution in [-0.4, -0.2) is 32.2 Å². The molecule has 0 radical (unpaired) electrons. The number of Topliss-reactive ketones (excluding diaryl/α,β-unsaturated/α-hetero) is 1. The van der Waals surface area contributed by atoms with E-state index in [0.29, 0.717) is 22.7 Å². The van der Waals surface area contributed by atoms with Gasteiger partial charge in [-0.1, -0.05) is 12.1 Å². The van der Waals surface area contributed by atoms with Crippen LogP contribution in [0.2, 0.25) is 0 Å². The SMILES string of the molecule is Cc1cccc(-n2nc(C(=O)Nc3ccc4c(c3)C(=O)CC(C)(C)O4)c(O)cc2=O)c1. The van der Waals surface area contributed by atoms with Gasteiger partial charge in [0, 0.05) is 11.8 Å². The number of aromatic hydroxyl groups is 1. The first kappa shape index (κ1) is 20.3. The highest BCUT2D eigenvalue weighted by molar-refractivity contribution is 6.06. The average molecular weight is 419 g/mol. The van der Waals surface area contributed by atoms with Crippen LogP contribution in [0, 0.1) is 6.92 Å². The maximum Gasteiger partial charge on any atom is 0.279 e. The van der Waals surface area contributed by atoms with Gasteiger partial charge in [0.2, 0.25) is 0 Å². The number of nitrogens with one attached hydrogen (secondary N) is 1. The minimum atomic E-state index is -0.719. The zero-order valence-electron chi connectivity index (χ0n) is 17.3. The lowest BCUT2D eigenvalue weighted by atomic mass is 9.93. The van der Waals surface area contributed by atoms with E-state index in [1.807, 2.05) is 26.8 Å². The number of benzene rings is 2. The minimum absolute atomic E-state index is 0.0867. The molecular weight excluding hydrogens is 398 g/mol. The van der Waals surface area contributed by atoms with Gasteiger partial charge in [0.1, 0.15) is 11.4 Å². The van der Waals surface area contributed by atoms with E-state index in [1.165, 1.54) is 6.07 Å². The van der Waals surface area contributed by atoms with E-state index in [2.05, 4.69) is 10.4 Å². The average Bonchev–Trinajstić information content (AvgIpc) is 2.67. The molecule has 2 N–H and O–H groups in total. The molecule has 1 aliphatic heterocycles. The molecule has 0 unspecified atom stereocenters. The smallest absolute Gasteiger partial charge is 0.279 e. The summed E-state index contributed by atoms with van der Waals surface area (Å²) in [6.45, 7) is 5.53. The van der Waals surface area contributed by atoms with Crippen molar-refractivity contribution in [3.05, 3.63) is 75.7 Å². The first-order valence-corrected chi connectivity index (χ1v) is 9.71. The Hall–Kier alpha value is -3.94. The van der Waals surface area contributed by atoms with Gasteiger partial charge in [0.25, 0.3) is 11.5 Å².